The molecule has 1 amide bonds. The summed E-state index contributed by atoms with van der Waals surface area (Å²) in [6.45, 7) is 3.04. The Morgan fingerprint density at radius 3 is 2.73 bits per heavy atom. The second-order valence-electron chi connectivity index (χ2n) is 8.34. The second kappa shape index (κ2) is 6.92. The van der Waals surface area contributed by atoms with E-state index in [0.717, 1.165) is 29.9 Å². The van der Waals surface area contributed by atoms with Crippen molar-refractivity contribution in [1.29, 1.82) is 0 Å². The molecule has 0 radical (unpaired) electrons. The minimum Gasteiger partial charge on any atom is -0.335 e. The van der Waals surface area contributed by atoms with Crippen LogP contribution in [0.5, 0.6) is 0 Å². The second-order valence-corrected chi connectivity index (χ2v) is 8.77. The van der Waals surface area contributed by atoms with Gasteiger partial charge in [0.1, 0.15) is 24.1 Å². The monoisotopic (exact) mass is 429 g/mol. The van der Waals surface area contributed by atoms with Crippen LogP contribution in [-0.4, -0.2) is 56.8 Å². The van der Waals surface area contributed by atoms with Gasteiger partial charge < -0.3 is 10.2 Å². The fourth-order valence-electron chi connectivity index (χ4n) is 4.10. The first kappa shape index (κ1) is 19.3. The number of nitrogens with one attached hydrogen (secondary N) is 1. The molecule has 0 bridgehead atoms. The summed E-state index contributed by atoms with van der Waals surface area (Å²) in [5, 5.41) is 8.29. The van der Waals surface area contributed by atoms with Gasteiger partial charge in [0.15, 0.2) is 0 Å². The van der Waals surface area contributed by atoms with E-state index in [1.54, 1.807) is 10.6 Å². The number of likely N-dealkylation sites (tertiary alicyclic amines) is 1. The van der Waals surface area contributed by atoms with E-state index in [4.69, 9.17) is 11.6 Å². The van der Waals surface area contributed by atoms with Crippen LogP contribution in [0.15, 0.2) is 41.5 Å². The van der Waals surface area contributed by atoms with Crippen LogP contribution >= 0.6 is 11.6 Å². The fraction of sp³-hybridized carbons (Fsp3) is 0.381. The first-order valence-corrected chi connectivity index (χ1v) is 10.2. The summed E-state index contributed by atoms with van der Waals surface area (Å²) in [4.78, 5) is 27.2. The maximum Gasteiger partial charge on any atom is 0.278 e. The lowest BCUT2D eigenvalue weighted by atomic mass is 9.98. The summed E-state index contributed by atoms with van der Waals surface area (Å²) in [5.74, 6) is -0.0317. The lowest BCUT2D eigenvalue weighted by Crippen LogP contribution is -2.60. The standard InChI is InChI=1S/C21H21ClFN5O2/c1-21(23)10-27(11-21)18(29)9-26-12-25-28-17(14-7-24-8-14)6-16(19(28)20(26)30)13-3-2-4-15(22)5-13/h2-6,12,14,24H,7-11H2,1H3. The third-order valence-corrected chi connectivity index (χ3v) is 6.04. The fourth-order valence-corrected chi connectivity index (χ4v) is 4.29. The van der Waals surface area contributed by atoms with Gasteiger partial charge in [-0.25, -0.2) is 8.91 Å². The number of rotatable bonds is 4. The van der Waals surface area contributed by atoms with Gasteiger partial charge in [-0.1, -0.05) is 23.7 Å². The van der Waals surface area contributed by atoms with Gasteiger partial charge >= 0.3 is 0 Å². The zero-order chi connectivity index (χ0) is 21.0. The molecule has 2 aromatic heterocycles. The molecule has 30 heavy (non-hydrogen) atoms. The van der Waals surface area contributed by atoms with Crippen molar-refractivity contribution in [1.82, 2.24) is 24.4 Å². The Morgan fingerprint density at radius 2 is 2.10 bits per heavy atom. The van der Waals surface area contributed by atoms with Gasteiger partial charge in [-0.05, 0) is 30.7 Å². The normalized spacial score (nSPS) is 18.3. The van der Waals surface area contributed by atoms with Crippen LogP contribution in [-0.2, 0) is 11.3 Å². The van der Waals surface area contributed by atoms with Gasteiger partial charge in [0.25, 0.3) is 5.56 Å². The molecule has 2 saturated heterocycles. The zero-order valence-corrected chi connectivity index (χ0v) is 17.2. The minimum absolute atomic E-state index is 0.0496. The van der Waals surface area contributed by atoms with Crippen LogP contribution in [0.2, 0.25) is 5.02 Å². The quantitative estimate of drug-likeness (QED) is 0.689. The molecule has 156 valence electrons. The van der Waals surface area contributed by atoms with Crippen molar-refractivity contribution in [3.8, 4) is 11.1 Å². The van der Waals surface area contributed by atoms with Crippen molar-refractivity contribution in [2.24, 2.45) is 0 Å². The van der Waals surface area contributed by atoms with E-state index in [-0.39, 0.29) is 37.0 Å². The summed E-state index contributed by atoms with van der Waals surface area (Å²) in [7, 11) is 0. The number of fused-ring (bicyclic) bond motifs is 1. The Bertz CT molecular complexity index is 1210. The first-order chi connectivity index (χ1) is 14.3. The molecule has 4 heterocycles. The Labute approximate surface area is 177 Å². The number of alkyl halides is 1. The van der Waals surface area contributed by atoms with Crippen LogP contribution < -0.4 is 10.9 Å². The van der Waals surface area contributed by atoms with Crippen LogP contribution in [0.1, 0.15) is 18.5 Å². The summed E-state index contributed by atoms with van der Waals surface area (Å²) in [6, 6.07) is 9.30. The minimum atomic E-state index is -1.35. The summed E-state index contributed by atoms with van der Waals surface area (Å²) in [6.07, 6.45) is 1.39. The molecule has 0 unspecified atom stereocenters. The third kappa shape index (κ3) is 3.20. The van der Waals surface area contributed by atoms with Crippen molar-refractivity contribution in [3.63, 3.8) is 0 Å². The number of nitrogens with zero attached hydrogens (tertiary/aromatic N) is 4. The summed E-state index contributed by atoms with van der Waals surface area (Å²) >= 11 is 6.18. The molecule has 0 saturated carbocycles. The van der Waals surface area contributed by atoms with Crippen LogP contribution in [0.3, 0.4) is 0 Å². The van der Waals surface area contributed by atoms with E-state index in [1.807, 2.05) is 24.3 Å². The average molecular weight is 430 g/mol. The SMILES string of the molecule is CC1(F)CN(C(=O)Cn2cnn3c(C4CNC4)cc(-c4cccc(Cl)c4)c3c2=O)C1. The highest BCUT2D eigenvalue weighted by atomic mass is 35.5. The average Bonchev–Trinajstić information content (AvgIpc) is 3.00. The number of halogens is 2. The number of hydrogen-bond acceptors (Lipinski definition) is 4. The van der Waals surface area contributed by atoms with Crippen molar-refractivity contribution >= 4 is 23.0 Å². The van der Waals surface area contributed by atoms with E-state index in [9.17, 15) is 14.0 Å². The van der Waals surface area contributed by atoms with E-state index in [1.165, 1.54) is 22.7 Å². The molecule has 1 aromatic carbocycles. The van der Waals surface area contributed by atoms with Gasteiger partial charge in [0.2, 0.25) is 5.91 Å². The molecule has 0 atom stereocenters. The van der Waals surface area contributed by atoms with Crippen LogP contribution in [0, 0.1) is 0 Å². The predicted molar refractivity (Wildman–Crippen MR) is 112 cm³/mol. The Hall–Kier alpha value is -2.71. The van der Waals surface area contributed by atoms with Gasteiger partial charge in [0.05, 0.1) is 13.1 Å². The van der Waals surface area contributed by atoms with Gasteiger partial charge in [-0.2, -0.15) is 5.10 Å². The smallest absolute Gasteiger partial charge is 0.278 e. The Balaban J connectivity index is 1.58. The molecule has 7 nitrogen and oxygen atoms in total. The molecule has 9 heteroatoms. The van der Waals surface area contributed by atoms with Gasteiger partial charge in [-0.15, -0.1) is 0 Å². The molecular weight excluding hydrogens is 409 g/mol. The Morgan fingerprint density at radius 1 is 1.33 bits per heavy atom. The number of carbonyl (C=O) groups excluding carboxylic acids is 1. The molecular formula is C21H21ClFN5O2. The molecule has 5 rings (SSSR count). The molecule has 0 spiro atoms. The molecule has 2 aliphatic heterocycles. The van der Waals surface area contributed by atoms with Gasteiger partial charge in [-0.3, -0.25) is 14.2 Å². The van der Waals surface area contributed by atoms with Crippen molar-refractivity contribution < 1.29 is 9.18 Å². The maximum atomic E-state index is 13.7. The van der Waals surface area contributed by atoms with Crippen LogP contribution in [0.4, 0.5) is 4.39 Å². The Kier molecular flexibility index (Phi) is 4.44. The largest absolute Gasteiger partial charge is 0.335 e. The predicted octanol–water partition coefficient (Wildman–Crippen LogP) is 2.07. The van der Waals surface area contributed by atoms with Crippen LogP contribution in [0.25, 0.3) is 16.6 Å². The number of aromatic nitrogens is 3. The highest BCUT2D eigenvalue weighted by Gasteiger charge is 2.41. The maximum absolute atomic E-state index is 13.7. The summed E-state index contributed by atoms with van der Waals surface area (Å²) < 4.78 is 16.7. The van der Waals surface area contributed by atoms with E-state index in [0.29, 0.717) is 10.5 Å². The van der Waals surface area contributed by atoms with Crippen molar-refractivity contribution in [2.45, 2.75) is 25.1 Å². The molecule has 2 fully saturated rings. The third-order valence-electron chi connectivity index (χ3n) is 5.81. The molecule has 2 aliphatic rings. The number of amides is 1. The van der Waals surface area contributed by atoms with E-state index < -0.39 is 5.67 Å². The number of hydrogen-bond donors (Lipinski definition) is 1. The van der Waals surface area contributed by atoms with E-state index >= 15 is 0 Å². The summed E-state index contributed by atoms with van der Waals surface area (Å²) in [5.41, 5.74) is 1.25. The lowest BCUT2D eigenvalue weighted by Gasteiger charge is -2.42. The molecule has 1 N–H and O–H groups in total. The lowest BCUT2D eigenvalue weighted by molar-refractivity contribution is -0.144. The topological polar surface area (TPSA) is 71.6 Å². The van der Waals surface area contributed by atoms with Crippen molar-refractivity contribution in [2.75, 3.05) is 26.2 Å². The zero-order valence-electron chi connectivity index (χ0n) is 16.4. The van der Waals surface area contributed by atoms with Crippen molar-refractivity contribution in [3.05, 3.63) is 57.7 Å². The highest BCUT2D eigenvalue weighted by Crippen LogP contribution is 2.32. The number of benzene rings is 1. The number of carbonyl (C=O) groups is 1. The van der Waals surface area contributed by atoms with Gasteiger partial charge in [0, 0.05) is 35.3 Å². The molecule has 0 aliphatic carbocycles. The first-order valence-electron chi connectivity index (χ1n) is 9.87. The highest BCUT2D eigenvalue weighted by molar-refractivity contribution is 6.30. The molecule has 3 aromatic rings. The van der Waals surface area contributed by atoms with E-state index in [2.05, 4.69) is 10.4 Å².